The van der Waals surface area contributed by atoms with Crippen LogP contribution in [-0.2, 0) is 0 Å². The van der Waals surface area contributed by atoms with E-state index in [1.165, 1.54) is 0 Å². The van der Waals surface area contributed by atoms with Crippen molar-refractivity contribution in [1.29, 1.82) is 0 Å². The zero-order valence-electron chi connectivity index (χ0n) is 9.04. The van der Waals surface area contributed by atoms with Crippen LogP contribution in [0.25, 0.3) is 0 Å². The molecule has 0 saturated heterocycles. The van der Waals surface area contributed by atoms with Crippen molar-refractivity contribution in [2.75, 3.05) is 17.2 Å². The summed E-state index contributed by atoms with van der Waals surface area (Å²) in [6, 6.07) is 2.33. The van der Waals surface area contributed by atoms with Crippen molar-refractivity contribution in [1.82, 2.24) is 9.97 Å². The van der Waals surface area contributed by atoms with Gasteiger partial charge in [0.25, 0.3) is 0 Å². The van der Waals surface area contributed by atoms with Gasteiger partial charge >= 0.3 is 0 Å². The van der Waals surface area contributed by atoms with E-state index in [1.807, 2.05) is 13.0 Å². The number of hydrogen-bond donors (Lipinski definition) is 2. The lowest BCUT2D eigenvalue weighted by atomic mass is 10.2. The molecule has 14 heavy (non-hydrogen) atoms. The molecule has 1 aromatic heterocycles. The summed E-state index contributed by atoms with van der Waals surface area (Å²) in [5.74, 6) is 1.56. The Balaban J connectivity index is 2.63. The average Bonchev–Trinajstić information content (AvgIpc) is 2.19. The molecule has 0 aliphatic carbocycles. The number of rotatable bonds is 5. The minimum atomic E-state index is 0.444. The molecule has 2 N–H and O–H groups in total. The minimum absolute atomic E-state index is 0.444. The number of nitrogens with one attached hydrogen (secondary N) is 2. The summed E-state index contributed by atoms with van der Waals surface area (Å²) < 4.78 is 0. The lowest BCUT2D eigenvalue weighted by molar-refractivity contribution is 0.758. The van der Waals surface area contributed by atoms with Crippen molar-refractivity contribution in [3.05, 3.63) is 12.3 Å². The molecule has 0 amide bonds. The Labute approximate surface area is 85.2 Å². The number of aromatic nitrogens is 2. The zero-order valence-corrected chi connectivity index (χ0v) is 9.04. The van der Waals surface area contributed by atoms with Gasteiger partial charge in [0.1, 0.15) is 5.82 Å². The lowest BCUT2D eigenvalue weighted by Gasteiger charge is -2.12. The topological polar surface area (TPSA) is 49.8 Å². The summed E-state index contributed by atoms with van der Waals surface area (Å²) in [6.45, 7) is 7.14. The Morgan fingerprint density at radius 1 is 1.43 bits per heavy atom. The fraction of sp³-hybridized carbons (Fsp3) is 0.600. The van der Waals surface area contributed by atoms with Gasteiger partial charge in [0.15, 0.2) is 0 Å². The highest BCUT2D eigenvalue weighted by molar-refractivity contribution is 5.39. The summed E-state index contributed by atoms with van der Waals surface area (Å²) in [7, 11) is 0. The zero-order chi connectivity index (χ0) is 10.4. The third-order valence-electron chi connectivity index (χ3n) is 2.00. The van der Waals surface area contributed by atoms with Crippen LogP contribution in [0.4, 0.5) is 11.8 Å². The molecule has 4 nitrogen and oxygen atoms in total. The highest BCUT2D eigenvalue weighted by Gasteiger charge is 2.00. The van der Waals surface area contributed by atoms with Gasteiger partial charge in [0, 0.05) is 18.8 Å². The van der Waals surface area contributed by atoms with Gasteiger partial charge in [-0.15, -0.1) is 0 Å². The third kappa shape index (κ3) is 3.20. The number of nitrogens with zero attached hydrogens (tertiary/aromatic N) is 2. The Morgan fingerprint density at radius 2 is 2.21 bits per heavy atom. The van der Waals surface area contributed by atoms with Crippen LogP contribution in [0.3, 0.4) is 0 Å². The molecule has 0 fully saturated rings. The largest absolute Gasteiger partial charge is 0.367 e. The van der Waals surface area contributed by atoms with Crippen LogP contribution in [0, 0.1) is 0 Å². The first kappa shape index (κ1) is 10.8. The Hall–Kier alpha value is -1.32. The van der Waals surface area contributed by atoms with Crippen molar-refractivity contribution in [3.8, 4) is 0 Å². The average molecular weight is 194 g/mol. The van der Waals surface area contributed by atoms with E-state index in [1.54, 1.807) is 6.20 Å². The summed E-state index contributed by atoms with van der Waals surface area (Å²) in [5, 5.41) is 6.38. The Kier molecular flexibility index (Phi) is 4.16. The van der Waals surface area contributed by atoms with E-state index in [2.05, 4.69) is 34.4 Å². The number of hydrogen-bond acceptors (Lipinski definition) is 4. The SMILES string of the molecule is CCNc1nccc(NC(C)CC)n1. The molecule has 1 unspecified atom stereocenters. The van der Waals surface area contributed by atoms with E-state index < -0.39 is 0 Å². The molecule has 1 atom stereocenters. The molecule has 0 saturated carbocycles. The minimum Gasteiger partial charge on any atom is -0.367 e. The molecule has 1 heterocycles. The standard InChI is InChI=1S/C10H18N4/c1-4-8(3)13-9-6-7-12-10(14-9)11-5-2/h6-8H,4-5H2,1-3H3,(H2,11,12,13,14). The summed E-state index contributed by atoms with van der Waals surface area (Å²) in [6.07, 6.45) is 2.84. The second-order valence-electron chi connectivity index (χ2n) is 3.25. The molecule has 0 aliphatic heterocycles. The van der Waals surface area contributed by atoms with Gasteiger partial charge in [-0.1, -0.05) is 6.92 Å². The van der Waals surface area contributed by atoms with Gasteiger partial charge in [0.05, 0.1) is 0 Å². The maximum atomic E-state index is 4.32. The van der Waals surface area contributed by atoms with E-state index in [4.69, 9.17) is 0 Å². The highest BCUT2D eigenvalue weighted by Crippen LogP contribution is 2.07. The van der Waals surface area contributed by atoms with Crippen LogP contribution >= 0.6 is 0 Å². The van der Waals surface area contributed by atoms with E-state index in [0.717, 1.165) is 18.8 Å². The van der Waals surface area contributed by atoms with E-state index in [9.17, 15) is 0 Å². The number of anilines is 2. The molecule has 0 spiro atoms. The first-order valence-electron chi connectivity index (χ1n) is 5.09. The predicted molar refractivity (Wildman–Crippen MR) is 59.6 cm³/mol. The van der Waals surface area contributed by atoms with Crippen molar-refractivity contribution in [2.45, 2.75) is 33.2 Å². The quantitative estimate of drug-likeness (QED) is 0.753. The van der Waals surface area contributed by atoms with Gasteiger partial charge in [0.2, 0.25) is 5.95 Å². The molecular formula is C10H18N4. The summed E-state index contributed by atoms with van der Waals surface area (Å²) >= 11 is 0. The van der Waals surface area contributed by atoms with Crippen LogP contribution < -0.4 is 10.6 Å². The van der Waals surface area contributed by atoms with Crippen molar-refractivity contribution in [2.24, 2.45) is 0 Å². The Morgan fingerprint density at radius 3 is 2.86 bits per heavy atom. The monoisotopic (exact) mass is 194 g/mol. The van der Waals surface area contributed by atoms with E-state index in [-0.39, 0.29) is 0 Å². The summed E-state index contributed by atoms with van der Waals surface area (Å²) in [5.41, 5.74) is 0. The van der Waals surface area contributed by atoms with Crippen LogP contribution in [0.5, 0.6) is 0 Å². The molecule has 0 aliphatic rings. The van der Waals surface area contributed by atoms with Gasteiger partial charge in [-0.2, -0.15) is 4.98 Å². The van der Waals surface area contributed by atoms with Crippen LogP contribution in [-0.4, -0.2) is 22.6 Å². The predicted octanol–water partition coefficient (Wildman–Crippen LogP) is 2.12. The molecule has 1 rings (SSSR count). The smallest absolute Gasteiger partial charge is 0.224 e. The molecule has 4 heteroatoms. The first-order chi connectivity index (χ1) is 6.76. The lowest BCUT2D eigenvalue weighted by Crippen LogP contribution is -2.15. The van der Waals surface area contributed by atoms with Gasteiger partial charge < -0.3 is 10.6 Å². The van der Waals surface area contributed by atoms with Crippen molar-refractivity contribution >= 4 is 11.8 Å². The molecule has 1 aromatic rings. The molecule has 78 valence electrons. The van der Waals surface area contributed by atoms with Crippen LogP contribution in [0.15, 0.2) is 12.3 Å². The van der Waals surface area contributed by atoms with Crippen molar-refractivity contribution in [3.63, 3.8) is 0 Å². The third-order valence-corrected chi connectivity index (χ3v) is 2.00. The van der Waals surface area contributed by atoms with Crippen molar-refractivity contribution < 1.29 is 0 Å². The second kappa shape index (κ2) is 5.42. The van der Waals surface area contributed by atoms with E-state index >= 15 is 0 Å². The van der Waals surface area contributed by atoms with Crippen LogP contribution in [0.2, 0.25) is 0 Å². The maximum absolute atomic E-state index is 4.32. The van der Waals surface area contributed by atoms with E-state index in [0.29, 0.717) is 12.0 Å². The fourth-order valence-corrected chi connectivity index (χ4v) is 1.04. The summed E-state index contributed by atoms with van der Waals surface area (Å²) in [4.78, 5) is 8.42. The molecule has 0 radical (unpaired) electrons. The van der Waals surface area contributed by atoms with Gasteiger partial charge in [-0.25, -0.2) is 4.98 Å². The normalized spacial score (nSPS) is 12.2. The van der Waals surface area contributed by atoms with Gasteiger partial charge in [-0.3, -0.25) is 0 Å². The first-order valence-corrected chi connectivity index (χ1v) is 5.09. The second-order valence-corrected chi connectivity index (χ2v) is 3.25. The fourth-order valence-electron chi connectivity index (χ4n) is 1.04. The molecule has 0 aromatic carbocycles. The molecule has 0 bridgehead atoms. The van der Waals surface area contributed by atoms with Crippen LogP contribution in [0.1, 0.15) is 27.2 Å². The van der Waals surface area contributed by atoms with Gasteiger partial charge in [-0.05, 0) is 26.3 Å². The highest BCUT2D eigenvalue weighted by atomic mass is 15.1. The Bertz CT molecular complexity index is 275. The maximum Gasteiger partial charge on any atom is 0.224 e. The molecular weight excluding hydrogens is 176 g/mol.